The first-order chi connectivity index (χ1) is 20.7. The number of sulfonamides is 1. The van der Waals surface area contributed by atoms with Crippen LogP contribution >= 0.6 is 0 Å². The number of amides is 2. The standard InChI is InChI=1S/C34H43N3O5S/c1-4-32(34(39)35-28-16-8-6-9-17-28)36(24-27-15-13-12-14-26(27)3)33(38)25-37(29-20-22-30(23-21-29)42-5-2)43(40,41)31-18-10-7-11-19-31/h7,10-15,18-23,28,32H,4-6,8-9,16-17,24-25H2,1-3H3,(H,35,39)/t32-/m1/s1. The maximum absolute atomic E-state index is 14.3. The van der Waals surface area contributed by atoms with Crippen LogP contribution in [0.2, 0.25) is 0 Å². The van der Waals surface area contributed by atoms with Gasteiger partial charge < -0.3 is 15.0 Å². The van der Waals surface area contributed by atoms with Gasteiger partial charge in [0.2, 0.25) is 11.8 Å². The lowest BCUT2D eigenvalue weighted by Gasteiger charge is -2.34. The fourth-order valence-corrected chi connectivity index (χ4v) is 6.99. The highest BCUT2D eigenvalue weighted by Gasteiger charge is 2.34. The molecule has 1 saturated carbocycles. The summed E-state index contributed by atoms with van der Waals surface area (Å²) in [6.45, 7) is 5.91. The molecule has 4 rings (SSSR count). The zero-order valence-electron chi connectivity index (χ0n) is 25.4. The Morgan fingerprint density at radius 2 is 1.56 bits per heavy atom. The van der Waals surface area contributed by atoms with Gasteiger partial charge in [-0.05, 0) is 80.6 Å². The Morgan fingerprint density at radius 1 is 0.907 bits per heavy atom. The number of aryl methyl sites for hydroxylation is 1. The number of hydrogen-bond acceptors (Lipinski definition) is 5. The van der Waals surface area contributed by atoms with Gasteiger partial charge in [0.15, 0.2) is 0 Å². The second-order valence-corrected chi connectivity index (χ2v) is 12.8. The highest BCUT2D eigenvalue weighted by Crippen LogP contribution is 2.27. The Balaban J connectivity index is 1.70. The Morgan fingerprint density at radius 3 is 2.19 bits per heavy atom. The van der Waals surface area contributed by atoms with Gasteiger partial charge in [-0.3, -0.25) is 13.9 Å². The van der Waals surface area contributed by atoms with Crippen LogP contribution < -0.4 is 14.4 Å². The molecule has 0 saturated heterocycles. The predicted octanol–water partition coefficient (Wildman–Crippen LogP) is 5.85. The summed E-state index contributed by atoms with van der Waals surface area (Å²) >= 11 is 0. The molecule has 1 aliphatic rings. The molecule has 1 aliphatic carbocycles. The van der Waals surface area contributed by atoms with Crippen LogP contribution in [0, 0.1) is 6.92 Å². The normalized spacial score (nSPS) is 14.5. The summed E-state index contributed by atoms with van der Waals surface area (Å²) in [5, 5.41) is 3.19. The number of carbonyl (C=O) groups is 2. The first-order valence-corrected chi connectivity index (χ1v) is 16.6. The Kier molecular flexibility index (Phi) is 11.2. The molecule has 1 N–H and O–H groups in total. The summed E-state index contributed by atoms with van der Waals surface area (Å²) in [5.41, 5.74) is 2.22. The molecule has 0 spiro atoms. The molecule has 0 unspecified atom stereocenters. The van der Waals surface area contributed by atoms with Crippen molar-refractivity contribution in [1.29, 1.82) is 0 Å². The van der Waals surface area contributed by atoms with Crippen LogP contribution in [0.15, 0.2) is 83.8 Å². The van der Waals surface area contributed by atoms with E-state index in [9.17, 15) is 18.0 Å². The number of rotatable bonds is 13. The smallest absolute Gasteiger partial charge is 0.264 e. The Labute approximate surface area is 256 Å². The van der Waals surface area contributed by atoms with Crippen LogP contribution in [0.3, 0.4) is 0 Å². The number of ether oxygens (including phenoxy) is 1. The largest absolute Gasteiger partial charge is 0.494 e. The van der Waals surface area contributed by atoms with E-state index in [1.54, 1.807) is 47.4 Å². The summed E-state index contributed by atoms with van der Waals surface area (Å²) in [4.78, 5) is 29.6. The molecule has 0 bridgehead atoms. The number of benzene rings is 3. The molecule has 3 aromatic rings. The molecule has 43 heavy (non-hydrogen) atoms. The minimum atomic E-state index is -4.12. The lowest BCUT2D eigenvalue weighted by molar-refractivity contribution is -0.140. The van der Waals surface area contributed by atoms with Crippen molar-refractivity contribution in [2.75, 3.05) is 17.5 Å². The quantitative estimate of drug-likeness (QED) is 0.264. The molecule has 230 valence electrons. The highest BCUT2D eigenvalue weighted by atomic mass is 32.2. The molecule has 8 nitrogen and oxygen atoms in total. The van der Waals surface area contributed by atoms with E-state index in [0.717, 1.165) is 41.1 Å². The lowest BCUT2D eigenvalue weighted by atomic mass is 9.95. The minimum absolute atomic E-state index is 0.0734. The van der Waals surface area contributed by atoms with E-state index in [4.69, 9.17) is 4.74 Å². The number of nitrogens with one attached hydrogen (secondary N) is 1. The van der Waals surface area contributed by atoms with Crippen LogP contribution in [0.25, 0.3) is 0 Å². The maximum atomic E-state index is 14.3. The first-order valence-electron chi connectivity index (χ1n) is 15.2. The van der Waals surface area contributed by atoms with Crippen LogP contribution in [-0.4, -0.2) is 50.4 Å². The van der Waals surface area contributed by atoms with Crippen molar-refractivity contribution in [2.24, 2.45) is 0 Å². The van der Waals surface area contributed by atoms with Crippen molar-refractivity contribution in [1.82, 2.24) is 10.2 Å². The molecule has 0 radical (unpaired) electrons. The van der Waals surface area contributed by atoms with Crippen molar-refractivity contribution in [3.63, 3.8) is 0 Å². The van der Waals surface area contributed by atoms with E-state index in [2.05, 4.69) is 5.32 Å². The van der Waals surface area contributed by atoms with Gasteiger partial charge in [0.25, 0.3) is 10.0 Å². The fourth-order valence-electron chi connectivity index (χ4n) is 5.56. The summed E-state index contributed by atoms with van der Waals surface area (Å²) in [7, 11) is -4.12. The second kappa shape index (κ2) is 15.0. The van der Waals surface area contributed by atoms with E-state index < -0.39 is 28.5 Å². The summed E-state index contributed by atoms with van der Waals surface area (Å²) in [5.74, 6) is -0.0570. The molecular weight excluding hydrogens is 562 g/mol. The average Bonchev–Trinajstić information content (AvgIpc) is 3.02. The van der Waals surface area contributed by atoms with E-state index in [-0.39, 0.29) is 23.4 Å². The van der Waals surface area contributed by atoms with E-state index >= 15 is 0 Å². The second-order valence-electron chi connectivity index (χ2n) is 11.0. The van der Waals surface area contributed by atoms with Gasteiger partial charge in [-0.25, -0.2) is 8.42 Å². The van der Waals surface area contributed by atoms with E-state index in [0.29, 0.717) is 24.5 Å². The van der Waals surface area contributed by atoms with Gasteiger partial charge in [0, 0.05) is 12.6 Å². The van der Waals surface area contributed by atoms with E-state index in [1.165, 1.54) is 18.6 Å². The number of hydrogen-bond donors (Lipinski definition) is 1. The molecule has 1 fully saturated rings. The van der Waals surface area contributed by atoms with E-state index in [1.807, 2.05) is 45.0 Å². The summed E-state index contributed by atoms with van der Waals surface area (Å²) in [6.07, 6.45) is 5.55. The minimum Gasteiger partial charge on any atom is -0.494 e. The van der Waals surface area contributed by atoms with Gasteiger partial charge in [-0.2, -0.15) is 0 Å². The molecule has 0 heterocycles. The van der Waals surface area contributed by atoms with Gasteiger partial charge in [0.1, 0.15) is 18.3 Å². The van der Waals surface area contributed by atoms with Crippen molar-refractivity contribution in [3.05, 3.63) is 90.0 Å². The monoisotopic (exact) mass is 605 g/mol. The lowest BCUT2D eigenvalue weighted by Crippen LogP contribution is -2.54. The first kappa shape index (κ1) is 32.1. The van der Waals surface area contributed by atoms with Crippen LogP contribution in [0.4, 0.5) is 5.69 Å². The topological polar surface area (TPSA) is 96.0 Å². The molecule has 0 aromatic heterocycles. The maximum Gasteiger partial charge on any atom is 0.264 e. The van der Waals surface area contributed by atoms with Crippen molar-refractivity contribution < 1.29 is 22.7 Å². The Hall–Kier alpha value is -3.85. The SMILES string of the molecule is CCOc1ccc(N(CC(=O)N(Cc2ccccc2C)[C@H](CC)C(=O)NC2CCCCC2)S(=O)(=O)c2ccccc2)cc1. The molecule has 1 atom stereocenters. The van der Waals surface area contributed by atoms with Gasteiger partial charge in [0.05, 0.1) is 17.2 Å². The number of carbonyl (C=O) groups excluding carboxylic acids is 2. The highest BCUT2D eigenvalue weighted by molar-refractivity contribution is 7.92. The molecular formula is C34H43N3O5S. The van der Waals surface area contributed by atoms with Gasteiger partial charge in [-0.15, -0.1) is 0 Å². The molecule has 2 amide bonds. The molecule has 9 heteroatoms. The van der Waals surface area contributed by atoms with Gasteiger partial charge >= 0.3 is 0 Å². The number of anilines is 1. The van der Waals surface area contributed by atoms with Crippen LogP contribution in [0.5, 0.6) is 5.75 Å². The Bertz CT molecular complexity index is 1450. The third kappa shape index (κ3) is 8.16. The summed E-state index contributed by atoms with van der Waals surface area (Å²) < 4.78 is 34.7. The fraction of sp³-hybridized carbons (Fsp3) is 0.412. The molecule has 0 aliphatic heterocycles. The molecule has 3 aromatic carbocycles. The van der Waals surface area contributed by atoms with Crippen LogP contribution in [-0.2, 0) is 26.2 Å². The summed E-state index contributed by atoms with van der Waals surface area (Å²) in [6, 6.07) is 21.8. The predicted molar refractivity (Wildman–Crippen MR) is 169 cm³/mol. The third-order valence-corrected chi connectivity index (χ3v) is 9.77. The third-order valence-electron chi connectivity index (χ3n) is 7.99. The number of nitrogens with zero attached hydrogens (tertiary/aromatic N) is 2. The van der Waals surface area contributed by atoms with Crippen LogP contribution in [0.1, 0.15) is 63.5 Å². The zero-order valence-corrected chi connectivity index (χ0v) is 26.2. The van der Waals surface area contributed by atoms with Crippen molar-refractivity contribution in [3.8, 4) is 5.75 Å². The zero-order chi connectivity index (χ0) is 30.8. The van der Waals surface area contributed by atoms with Crippen molar-refractivity contribution in [2.45, 2.75) is 82.8 Å². The average molecular weight is 606 g/mol. The van der Waals surface area contributed by atoms with Gasteiger partial charge in [-0.1, -0.05) is 68.7 Å². The van der Waals surface area contributed by atoms with Crippen molar-refractivity contribution >= 4 is 27.5 Å².